The molecule has 1 nitrogen and oxygen atoms in total. The highest BCUT2D eigenvalue weighted by Crippen LogP contribution is 2.56. The van der Waals surface area contributed by atoms with Gasteiger partial charge in [-0.2, -0.15) is 0 Å². The van der Waals surface area contributed by atoms with Crippen LogP contribution in [-0.2, 0) is 4.79 Å². The molecule has 74 valence electrons. The maximum absolute atomic E-state index is 11.2. The van der Waals surface area contributed by atoms with Gasteiger partial charge in [-0.1, -0.05) is 6.42 Å². The minimum atomic E-state index is 0.0395. The summed E-state index contributed by atoms with van der Waals surface area (Å²) in [5, 5.41) is 0. The van der Waals surface area contributed by atoms with Crippen molar-refractivity contribution < 1.29 is 4.79 Å². The summed E-state index contributed by atoms with van der Waals surface area (Å²) >= 11 is 5.69. The predicted molar refractivity (Wildman–Crippen MR) is 53.9 cm³/mol. The largest absolute Gasteiger partial charge is 0.303 e. The van der Waals surface area contributed by atoms with Gasteiger partial charge in [-0.25, -0.2) is 0 Å². The molecule has 0 aromatic rings. The number of alkyl halides is 1. The average Bonchev–Trinajstić information content (AvgIpc) is 2.74. The van der Waals surface area contributed by atoms with Crippen molar-refractivity contribution in [3.05, 3.63) is 0 Å². The van der Waals surface area contributed by atoms with Crippen molar-refractivity contribution in [1.29, 1.82) is 0 Å². The lowest BCUT2D eigenvalue weighted by molar-refractivity contribution is -0.119. The molecule has 2 rings (SSSR count). The third-order valence-electron chi connectivity index (χ3n) is 4.03. The Morgan fingerprint density at radius 3 is 2.77 bits per heavy atom. The molecule has 3 unspecified atom stereocenters. The molecule has 0 aromatic heterocycles. The highest BCUT2D eigenvalue weighted by atomic mass is 35.5. The van der Waals surface area contributed by atoms with E-state index in [1.54, 1.807) is 0 Å². The van der Waals surface area contributed by atoms with Crippen LogP contribution in [-0.4, -0.2) is 12.2 Å². The number of carbonyl (C=O) groups is 1. The molecule has 0 N–H and O–H groups in total. The molecule has 0 spiro atoms. The van der Waals surface area contributed by atoms with Gasteiger partial charge in [-0.15, -0.1) is 11.6 Å². The van der Waals surface area contributed by atoms with Gasteiger partial charge in [0.25, 0.3) is 0 Å². The Labute approximate surface area is 84.8 Å². The standard InChI is InChI=1S/C11H17ClO/c12-5-1-4-11(8-13)7-9-2-3-10(11)6-9/h8-10H,1-7H2. The quantitative estimate of drug-likeness (QED) is 0.504. The summed E-state index contributed by atoms with van der Waals surface area (Å²) in [6, 6.07) is 0. The number of aldehydes is 1. The highest BCUT2D eigenvalue weighted by Gasteiger charge is 2.50. The van der Waals surface area contributed by atoms with Crippen molar-refractivity contribution in [3.8, 4) is 0 Å². The molecule has 2 fully saturated rings. The molecule has 0 aromatic carbocycles. The Hall–Kier alpha value is -0.0400. The van der Waals surface area contributed by atoms with Crippen LogP contribution < -0.4 is 0 Å². The number of halogens is 1. The summed E-state index contributed by atoms with van der Waals surface area (Å²) in [7, 11) is 0. The van der Waals surface area contributed by atoms with E-state index < -0.39 is 0 Å². The van der Waals surface area contributed by atoms with E-state index in [1.807, 2.05) is 0 Å². The first-order valence-corrected chi connectivity index (χ1v) is 5.86. The SMILES string of the molecule is O=CC1(CCCCl)CC2CCC1C2. The molecule has 3 atom stereocenters. The van der Waals surface area contributed by atoms with Crippen LogP contribution in [0.5, 0.6) is 0 Å². The molecule has 13 heavy (non-hydrogen) atoms. The molecule has 0 aliphatic heterocycles. The van der Waals surface area contributed by atoms with Gasteiger partial charge in [-0.3, -0.25) is 0 Å². The van der Waals surface area contributed by atoms with Crippen LogP contribution in [0.4, 0.5) is 0 Å². The summed E-state index contributed by atoms with van der Waals surface area (Å²) in [5.74, 6) is 2.25. The number of hydrogen-bond acceptors (Lipinski definition) is 1. The molecule has 2 aliphatic rings. The Bertz CT molecular complexity index is 204. The number of carbonyl (C=O) groups excluding carboxylic acids is 1. The lowest BCUT2D eigenvalue weighted by atomic mass is 9.71. The third-order valence-corrected chi connectivity index (χ3v) is 4.30. The van der Waals surface area contributed by atoms with Crippen molar-refractivity contribution in [2.45, 2.75) is 38.5 Å². The summed E-state index contributed by atoms with van der Waals surface area (Å²) in [6.07, 6.45) is 8.37. The first kappa shape index (κ1) is 9.51. The van der Waals surface area contributed by atoms with E-state index in [1.165, 1.54) is 25.5 Å². The Morgan fingerprint density at radius 1 is 1.46 bits per heavy atom. The molecule has 0 heterocycles. The minimum absolute atomic E-state index is 0.0395. The van der Waals surface area contributed by atoms with Gasteiger partial charge in [0.1, 0.15) is 6.29 Å². The van der Waals surface area contributed by atoms with E-state index in [9.17, 15) is 4.79 Å². The zero-order valence-corrected chi connectivity index (χ0v) is 8.72. The number of fused-ring (bicyclic) bond motifs is 2. The monoisotopic (exact) mass is 200 g/mol. The smallest absolute Gasteiger partial charge is 0.126 e. The lowest BCUT2D eigenvalue weighted by Crippen LogP contribution is -2.29. The molecule has 0 radical (unpaired) electrons. The van der Waals surface area contributed by atoms with Gasteiger partial charge in [-0.05, 0) is 43.9 Å². The van der Waals surface area contributed by atoms with Crippen LogP contribution in [0.1, 0.15) is 38.5 Å². The van der Waals surface area contributed by atoms with Crippen molar-refractivity contribution in [1.82, 2.24) is 0 Å². The number of rotatable bonds is 4. The lowest BCUT2D eigenvalue weighted by Gasteiger charge is -2.32. The zero-order chi connectivity index (χ0) is 9.31. The summed E-state index contributed by atoms with van der Waals surface area (Å²) < 4.78 is 0. The molecule has 2 saturated carbocycles. The van der Waals surface area contributed by atoms with E-state index in [0.29, 0.717) is 11.8 Å². The van der Waals surface area contributed by atoms with E-state index >= 15 is 0 Å². The van der Waals surface area contributed by atoms with E-state index in [0.717, 1.165) is 25.2 Å². The molecule has 2 heteroatoms. The third kappa shape index (κ3) is 1.52. The van der Waals surface area contributed by atoms with Crippen LogP contribution in [0.15, 0.2) is 0 Å². The maximum Gasteiger partial charge on any atom is 0.126 e. The molecule has 2 aliphatic carbocycles. The fourth-order valence-electron chi connectivity index (χ4n) is 3.39. The van der Waals surface area contributed by atoms with Crippen LogP contribution in [0, 0.1) is 17.3 Å². The molecule has 0 amide bonds. The fourth-order valence-corrected chi connectivity index (χ4v) is 3.53. The summed E-state index contributed by atoms with van der Waals surface area (Å²) in [6.45, 7) is 0. The van der Waals surface area contributed by atoms with Crippen molar-refractivity contribution in [2.75, 3.05) is 5.88 Å². The topological polar surface area (TPSA) is 17.1 Å². The van der Waals surface area contributed by atoms with Crippen LogP contribution in [0.25, 0.3) is 0 Å². The fraction of sp³-hybridized carbons (Fsp3) is 0.909. The maximum atomic E-state index is 11.2. The second kappa shape index (κ2) is 3.61. The average molecular weight is 201 g/mol. The summed E-state index contributed by atoms with van der Waals surface area (Å²) in [5.41, 5.74) is 0.0395. The second-order valence-corrected chi connectivity index (χ2v) is 5.10. The normalized spacial score (nSPS) is 42.5. The van der Waals surface area contributed by atoms with Crippen molar-refractivity contribution in [2.24, 2.45) is 17.3 Å². The van der Waals surface area contributed by atoms with Gasteiger partial charge in [0.15, 0.2) is 0 Å². The van der Waals surface area contributed by atoms with E-state index in [4.69, 9.17) is 11.6 Å². The minimum Gasteiger partial charge on any atom is -0.303 e. The zero-order valence-electron chi connectivity index (χ0n) is 7.97. The highest BCUT2D eigenvalue weighted by molar-refractivity contribution is 6.17. The van der Waals surface area contributed by atoms with Crippen molar-refractivity contribution in [3.63, 3.8) is 0 Å². The van der Waals surface area contributed by atoms with Crippen LogP contribution >= 0.6 is 11.6 Å². The molecule has 2 bridgehead atoms. The van der Waals surface area contributed by atoms with E-state index in [-0.39, 0.29) is 5.41 Å². The molecular weight excluding hydrogens is 184 g/mol. The first-order valence-electron chi connectivity index (χ1n) is 5.33. The van der Waals surface area contributed by atoms with E-state index in [2.05, 4.69) is 0 Å². The van der Waals surface area contributed by atoms with Crippen LogP contribution in [0.2, 0.25) is 0 Å². The Balaban J connectivity index is 2.03. The number of hydrogen-bond donors (Lipinski definition) is 0. The first-order chi connectivity index (χ1) is 6.30. The molecular formula is C11H17ClO. The molecule has 0 saturated heterocycles. The van der Waals surface area contributed by atoms with Gasteiger partial charge < -0.3 is 4.79 Å². The van der Waals surface area contributed by atoms with Gasteiger partial charge in [0, 0.05) is 11.3 Å². The van der Waals surface area contributed by atoms with Crippen molar-refractivity contribution >= 4 is 17.9 Å². The predicted octanol–water partition coefficient (Wildman–Crippen LogP) is 3.01. The second-order valence-electron chi connectivity index (χ2n) is 4.72. The summed E-state index contributed by atoms with van der Waals surface area (Å²) in [4.78, 5) is 11.2. The Kier molecular flexibility index (Phi) is 2.64. The van der Waals surface area contributed by atoms with Gasteiger partial charge in [0.05, 0.1) is 0 Å². The Morgan fingerprint density at radius 2 is 2.31 bits per heavy atom. The van der Waals surface area contributed by atoms with Crippen LogP contribution in [0.3, 0.4) is 0 Å². The van der Waals surface area contributed by atoms with Gasteiger partial charge >= 0.3 is 0 Å². The van der Waals surface area contributed by atoms with Gasteiger partial charge in [0.2, 0.25) is 0 Å².